The second-order valence-electron chi connectivity index (χ2n) is 6.16. The van der Waals surface area contributed by atoms with Gasteiger partial charge >= 0.3 is 0 Å². The lowest BCUT2D eigenvalue weighted by Crippen LogP contribution is -2.42. The Morgan fingerprint density at radius 3 is 2.50 bits per heavy atom. The number of unbranched alkanes of at least 4 members (excludes halogenated alkanes) is 1. The van der Waals surface area contributed by atoms with Gasteiger partial charge < -0.3 is 4.90 Å². The van der Waals surface area contributed by atoms with E-state index in [9.17, 15) is 13.2 Å². The van der Waals surface area contributed by atoms with Crippen LogP contribution in [0.4, 0.5) is 0 Å². The third kappa shape index (κ3) is 4.57. The van der Waals surface area contributed by atoms with Crippen LogP contribution in [0.2, 0.25) is 0 Å². The zero-order valence-corrected chi connectivity index (χ0v) is 14.2. The third-order valence-electron chi connectivity index (χ3n) is 4.20. The maximum absolute atomic E-state index is 12.6. The van der Waals surface area contributed by atoms with E-state index in [4.69, 9.17) is 0 Å². The Balaban J connectivity index is 2.07. The van der Waals surface area contributed by atoms with Gasteiger partial charge in [-0.25, -0.2) is 8.42 Å². The summed E-state index contributed by atoms with van der Waals surface area (Å²) in [7, 11) is -2.97. The molecular weight excluding hydrogens is 298 g/mol. The van der Waals surface area contributed by atoms with Crippen molar-refractivity contribution in [1.29, 1.82) is 0 Å². The summed E-state index contributed by atoms with van der Waals surface area (Å²) in [6.45, 7) is 4.75. The van der Waals surface area contributed by atoms with Crippen molar-refractivity contribution in [3.05, 3.63) is 35.4 Å². The Bertz CT molecular complexity index is 607. The summed E-state index contributed by atoms with van der Waals surface area (Å²) >= 11 is 0. The van der Waals surface area contributed by atoms with Crippen molar-refractivity contribution in [2.75, 3.05) is 18.1 Å². The highest BCUT2D eigenvalue weighted by Crippen LogP contribution is 2.19. The van der Waals surface area contributed by atoms with Crippen LogP contribution in [-0.4, -0.2) is 43.3 Å². The Morgan fingerprint density at radius 2 is 1.95 bits per heavy atom. The highest BCUT2D eigenvalue weighted by molar-refractivity contribution is 7.91. The van der Waals surface area contributed by atoms with Gasteiger partial charge in [0, 0.05) is 12.6 Å². The highest BCUT2D eigenvalue weighted by Gasteiger charge is 2.34. The van der Waals surface area contributed by atoms with Gasteiger partial charge in [0.15, 0.2) is 9.84 Å². The first-order valence-electron chi connectivity index (χ1n) is 7.96. The second-order valence-corrected chi connectivity index (χ2v) is 8.39. The molecule has 4 nitrogen and oxygen atoms in total. The molecule has 1 aliphatic heterocycles. The number of carbonyl (C=O) groups is 1. The highest BCUT2D eigenvalue weighted by atomic mass is 32.2. The number of hydrogen-bond donors (Lipinski definition) is 0. The van der Waals surface area contributed by atoms with Crippen LogP contribution in [0.15, 0.2) is 24.3 Å². The van der Waals surface area contributed by atoms with Gasteiger partial charge in [0.2, 0.25) is 5.91 Å². The van der Waals surface area contributed by atoms with E-state index in [1.165, 1.54) is 5.56 Å². The molecule has 2 rings (SSSR count). The monoisotopic (exact) mass is 323 g/mol. The molecule has 0 aromatic heterocycles. The van der Waals surface area contributed by atoms with Crippen molar-refractivity contribution in [3.8, 4) is 0 Å². The van der Waals surface area contributed by atoms with Crippen LogP contribution in [0.5, 0.6) is 0 Å². The fourth-order valence-electron chi connectivity index (χ4n) is 2.84. The average molecular weight is 323 g/mol. The van der Waals surface area contributed by atoms with Gasteiger partial charge in [-0.2, -0.15) is 0 Å². The number of nitrogens with zero attached hydrogens (tertiary/aromatic N) is 1. The molecule has 5 heteroatoms. The first-order valence-corrected chi connectivity index (χ1v) is 9.79. The van der Waals surface area contributed by atoms with Crippen molar-refractivity contribution in [1.82, 2.24) is 4.90 Å². The van der Waals surface area contributed by atoms with E-state index in [-0.39, 0.29) is 23.5 Å². The van der Waals surface area contributed by atoms with Gasteiger partial charge in [-0.1, -0.05) is 43.2 Å². The summed E-state index contributed by atoms with van der Waals surface area (Å²) in [5.74, 6) is 0.369. The molecule has 1 fully saturated rings. The molecule has 0 saturated carbocycles. The van der Waals surface area contributed by atoms with Gasteiger partial charge in [-0.3, -0.25) is 4.79 Å². The number of hydrogen-bond acceptors (Lipinski definition) is 3. The molecule has 0 aliphatic carbocycles. The Hall–Kier alpha value is -1.36. The molecule has 0 bridgehead atoms. The average Bonchev–Trinajstić information content (AvgIpc) is 2.82. The predicted molar refractivity (Wildman–Crippen MR) is 88.6 cm³/mol. The molecule has 0 N–H and O–H groups in total. The smallest absolute Gasteiger partial charge is 0.227 e. The molecule has 1 atom stereocenters. The molecule has 1 aliphatic rings. The molecule has 1 aromatic rings. The maximum atomic E-state index is 12.6. The van der Waals surface area contributed by atoms with Crippen LogP contribution in [0.3, 0.4) is 0 Å². The van der Waals surface area contributed by atoms with Gasteiger partial charge in [0.1, 0.15) is 0 Å². The van der Waals surface area contributed by atoms with E-state index < -0.39 is 9.84 Å². The lowest BCUT2D eigenvalue weighted by Gasteiger charge is -2.28. The van der Waals surface area contributed by atoms with E-state index in [1.54, 1.807) is 4.90 Å². The maximum Gasteiger partial charge on any atom is 0.227 e. The van der Waals surface area contributed by atoms with Crippen LogP contribution in [0, 0.1) is 6.92 Å². The molecule has 0 spiro atoms. The van der Waals surface area contributed by atoms with E-state index in [0.717, 1.165) is 18.4 Å². The molecule has 1 aromatic carbocycles. The molecule has 1 heterocycles. The molecule has 1 amide bonds. The van der Waals surface area contributed by atoms with Crippen molar-refractivity contribution in [2.45, 2.75) is 45.6 Å². The van der Waals surface area contributed by atoms with E-state index >= 15 is 0 Å². The topological polar surface area (TPSA) is 54.5 Å². The minimum Gasteiger partial charge on any atom is -0.338 e. The number of sulfone groups is 1. The summed E-state index contributed by atoms with van der Waals surface area (Å²) < 4.78 is 23.4. The van der Waals surface area contributed by atoms with E-state index in [0.29, 0.717) is 19.4 Å². The van der Waals surface area contributed by atoms with Gasteiger partial charge in [0.05, 0.1) is 17.9 Å². The quantitative estimate of drug-likeness (QED) is 0.807. The summed E-state index contributed by atoms with van der Waals surface area (Å²) in [6, 6.07) is 7.79. The SMILES string of the molecule is CCCCN(C(=O)Cc1ccc(C)cc1)C1CCS(=O)(=O)C1. The summed E-state index contributed by atoms with van der Waals surface area (Å²) in [4.78, 5) is 14.4. The van der Waals surface area contributed by atoms with Crippen molar-refractivity contribution in [2.24, 2.45) is 0 Å². The second kappa shape index (κ2) is 7.27. The van der Waals surface area contributed by atoms with Crippen molar-refractivity contribution < 1.29 is 13.2 Å². The Morgan fingerprint density at radius 1 is 1.27 bits per heavy atom. The minimum absolute atomic E-state index is 0.0411. The molecule has 1 unspecified atom stereocenters. The van der Waals surface area contributed by atoms with Crippen LogP contribution in [0.1, 0.15) is 37.3 Å². The standard InChI is InChI=1S/C17H25NO3S/c1-3-4-10-18(16-9-11-22(20,21)13-16)17(19)12-15-7-5-14(2)6-8-15/h5-8,16H,3-4,9-13H2,1-2H3. The predicted octanol–water partition coefficient (Wildman–Crippen LogP) is 2.35. The first-order chi connectivity index (χ1) is 10.4. The molecule has 122 valence electrons. The first kappa shape index (κ1) is 17.0. The third-order valence-corrected chi connectivity index (χ3v) is 5.95. The zero-order valence-electron chi connectivity index (χ0n) is 13.4. The summed E-state index contributed by atoms with van der Waals surface area (Å²) in [5, 5.41) is 0. The van der Waals surface area contributed by atoms with Crippen LogP contribution in [-0.2, 0) is 21.1 Å². The molecule has 1 saturated heterocycles. The van der Waals surface area contributed by atoms with Crippen molar-refractivity contribution >= 4 is 15.7 Å². The van der Waals surface area contributed by atoms with Gasteiger partial charge in [-0.15, -0.1) is 0 Å². The molecular formula is C17H25NO3S. The fraction of sp³-hybridized carbons (Fsp3) is 0.588. The minimum atomic E-state index is -2.97. The van der Waals surface area contributed by atoms with Crippen molar-refractivity contribution in [3.63, 3.8) is 0 Å². The Labute approximate surface area is 133 Å². The number of carbonyl (C=O) groups excluding carboxylic acids is 1. The van der Waals surface area contributed by atoms with Gasteiger partial charge in [0.25, 0.3) is 0 Å². The van der Waals surface area contributed by atoms with Crippen LogP contribution >= 0.6 is 0 Å². The summed E-state index contributed by atoms with van der Waals surface area (Å²) in [5.41, 5.74) is 2.15. The zero-order chi connectivity index (χ0) is 16.2. The lowest BCUT2D eigenvalue weighted by molar-refractivity contribution is -0.132. The van der Waals surface area contributed by atoms with Gasteiger partial charge in [-0.05, 0) is 25.3 Å². The normalized spacial score (nSPS) is 20.0. The number of amides is 1. The Kier molecular flexibility index (Phi) is 5.62. The largest absolute Gasteiger partial charge is 0.338 e. The summed E-state index contributed by atoms with van der Waals surface area (Å²) in [6.07, 6.45) is 2.83. The fourth-order valence-corrected chi connectivity index (χ4v) is 4.57. The van der Waals surface area contributed by atoms with E-state index in [1.807, 2.05) is 31.2 Å². The number of rotatable bonds is 6. The van der Waals surface area contributed by atoms with Crippen LogP contribution < -0.4 is 0 Å². The van der Waals surface area contributed by atoms with E-state index in [2.05, 4.69) is 6.92 Å². The molecule has 22 heavy (non-hydrogen) atoms. The van der Waals surface area contributed by atoms with Crippen LogP contribution in [0.25, 0.3) is 0 Å². The number of aryl methyl sites for hydroxylation is 1. The number of benzene rings is 1. The lowest BCUT2D eigenvalue weighted by atomic mass is 10.1. The molecule has 0 radical (unpaired) electrons.